The number of carbonyl (C=O) groups is 2. The first-order valence-corrected chi connectivity index (χ1v) is 8.04. The number of carboxylic acid groups (broad SMARTS) is 1. The lowest BCUT2D eigenvalue weighted by atomic mass is 10.3. The maximum Gasteiger partial charge on any atom is 0.338 e. The molecule has 0 spiro atoms. The van der Waals surface area contributed by atoms with Gasteiger partial charge >= 0.3 is 5.97 Å². The second-order valence-electron chi connectivity index (χ2n) is 3.67. The molecule has 0 saturated carbocycles. The lowest BCUT2D eigenvalue weighted by molar-refractivity contribution is -0.113. The number of thioether (sulfide) groups is 1. The number of carbonyl (C=O) groups excluding carboxylic acids is 1. The van der Waals surface area contributed by atoms with Crippen LogP contribution in [0, 0.1) is 6.92 Å². The Morgan fingerprint density at radius 2 is 2.26 bits per heavy atom. The minimum atomic E-state index is -1.02. The van der Waals surface area contributed by atoms with Crippen LogP contribution in [0.3, 0.4) is 0 Å². The van der Waals surface area contributed by atoms with Crippen molar-refractivity contribution in [1.82, 2.24) is 0 Å². The molecule has 2 heterocycles. The maximum atomic E-state index is 11.8. The van der Waals surface area contributed by atoms with Crippen LogP contribution < -0.4 is 5.32 Å². The van der Waals surface area contributed by atoms with Gasteiger partial charge in [-0.2, -0.15) is 0 Å². The summed E-state index contributed by atoms with van der Waals surface area (Å²) in [6.45, 7) is 1.81. The van der Waals surface area contributed by atoms with E-state index < -0.39 is 5.97 Å². The van der Waals surface area contributed by atoms with Crippen LogP contribution >= 0.6 is 34.4 Å². The first kappa shape index (κ1) is 14.1. The van der Waals surface area contributed by atoms with Crippen molar-refractivity contribution in [2.45, 2.75) is 11.1 Å². The number of hydrogen-bond donors (Lipinski definition) is 2. The van der Waals surface area contributed by atoms with E-state index in [1.54, 1.807) is 17.4 Å². The number of amides is 1. The van der Waals surface area contributed by atoms with Gasteiger partial charge in [0.25, 0.3) is 0 Å². The smallest absolute Gasteiger partial charge is 0.338 e. The van der Waals surface area contributed by atoms with Gasteiger partial charge in [-0.15, -0.1) is 34.4 Å². The molecule has 0 aromatic carbocycles. The van der Waals surface area contributed by atoms with Crippen LogP contribution in [-0.2, 0) is 4.79 Å². The number of aryl methyl sites for hydroxylation is 1. The van der Waals surface area contributed by atoms with Crippen molar-refractivity contribution in [3.05, 3.63) is 34.0 Å². The summed E-state index contributed by atoms with van der Waals surface area (Å²) in [6, 6.07) is 5.44. The van der Waals surface area contributed by atoms with Gasteiger partial charge < -0.3 is 10.4 Å². The Morgan fingerprint density at radius 3 is 2.89 bits per heavy atom. The van der Waals surface area contributed by atoms with Gasteiger partial charge in [-0.3, -0.25) is 4.79 Å². The molecule has 0 saturated heterocycles. The molecule has 7 heteroatoms. The predicted octanol–water partition coefficient (Wildman–Crippen LogP) is 3.55. The largest absolute Gasteiger partial charge is 0.478 e. The molecule has 0 bridgehead atoms. The summed E-state index contributed by atoms with van der Waals surface area (Å²) in [4.78, 5) is 23.7. The number of anilines is 1. The molecule has 0 fully saturated rings. The van der Waals surface area contributed by atoms with Crippen molar-refractivity contribution in [3.63, 3.8) is 0 Å². The fraction of sp³-hybridized carbons (Fsp3) is 0.167. The Hall–Kier alpha value is -1.31. The molecule has 4 nitrogen and oxygen atoms in total. The second kappa shape index (κ2) is 6.23. The fourth-order valence-electron chi connectivity index (χ4n) is 1.41. The van der Waals surface area contributed by atoms with Gasteiger partial charge in [0, 0.05) is 4.88 Å². The SMILES string of the molecule is Cc1cc(C(=O)O)c(NC(=O)CSc2cccs2)s1. The summed E-state index contributed by atoms with van der Waals surface area (Å²) in [7, 11) is 0. The van der Waals surface area contributed by atoms with Crippen LogP contribution in [0.5, 0.6) is 0 Å². The van der Waals surface area contributed by atoms with E-state index in [1.165, 1.54) is 23.1 Å². The van der Waals surface area contributed by atoms with E-state index in [4.69, 9.17) is 5.11 Å². The first-order chi connectivity index (χ1) is 9.06. The van der Waals surface area contributed by atoms with E-state index in [9.17, 15) is 9.59 Å². The molecule has 2 N–H and O–H groups in total. The molecule has 0 aliphatic heterocycles. The van der Waals surface area contributed by atoms with Crippen molar-refractivity contribution in [1.29, 1.82) is 0 Å². The summed E-state index contributed by atoms with van der Waals surface area (Å²) in [5.74, 6) is -0.940. The van der Waals surface area contributed by atoms with Gasteiger partial charge in [-0.25, -0.2) is 4.79 Å². The van der Waals surface area contributed by atoms with Gasteiger partial charge in [-0.05, 0) is 24.4 Å². The Labute approximate surface area is 122 Å². The molecule has 0 radical (unpaired) electrons. The van der Waals surface area contributed by atoms with Crippen molar-refractivity contribution < 1.29 is 14.7 Å². The molecule has 0 aliphatic rings. The van der Waals surface area contributed by atoms with Crippen molar-refractivity contribution in [2.24, 2.45) is 0 Å². The molecule has 2 aromatic rings. The van der Waals surface area contributed by atoms with Gasteiger partial charge in [0.1, 0.15) is 5.00 Å². The van der Waals surface area contributed by atoms with E-state index in [-0.39, 0.29) is 17.2 Å². The molecule has 19 heavy (non-hydrogen) atoms. The zero-order chi connectivity index (χ0) is 13.8. The summed E-state index contributed by atoms with van der Waals surface area (Å²) in [6.07, 6.45) is 0. The average molecular weight is 313 g/mol. The van der Waals surface area contributed by atoms with Crippen molar-refractivity contribution >= 4 is 51.3 Å². The van der Waals surface area contributed by atoms with Gasteiger partial charge in [0.2, 0.25) is 5.91 Å². The van der Waals surface area contributed by atoms with Crippen LogP contribution in [0.25, 0.3) is 0 Å². The van der Waals surface area contributed by atoms with E-state index in [1.807, 2.05) is 24.4 Å². The summed E-state index contributed by atoms with van der Waals surface area (Å²) in [5, 5.41) is 14.0. The third kappa shape index (κ3) is 3.82. The van der Waals surface area contributed by atoms with Crippen LogP contribution in [-0.4, -0.2) is 22.7 Å². The van der Waals surface area contributed by atoms with Gasteiger partial charge in [-0.1, -0.05) is 6.07 Å². The monoisotopic (exact) mass is 313 g/mol. The van der Waals surface area contributed by atoms with E-state index in [2.05, 4.69) is 5.32 Å². The Morgan fingerprint density at radius 1 is 1.47 bits per heavy atom. The quantitative estimate of drug-likeness (QED) is 0.829. The second-order valence-corrected chi connectivity index (χ2v) is 7.15. The topological polar surface area (TPSA) is 66.4 Å². The van der Waals surface area contributed by atoms with Crippen LogP contribution in [0.15, 0.2) is 27.8 Å². The predicted molar refractivity (Wildman–Crippen MR) is 79.7 cm³/mol. The Kier molecular flexibility index (Phi) is 4.62. The molecule has 2 aromatic heterocycles. The lowest BCUT2D eigenvalue weighted by Crippen LogP contribution is -2.14. The maximum absolute atomic E-state index is 11.8. The molecular weight excluding hydrogens is 302 g/mol. The number of hydrogen-bond acceptors (Lipinski definition) is 5. The number of thiophene rings is 2. The van der Waals surface area contributed by atoms with Gasteiger partial charge in [0.05, 0.1) is 15.5 Å². The minimum absolute atomic E-state index is 0.150. The molecular formula is C12H11NO3S3. The lowest BCUT2D eigenvalue weighted by Gasteiger charge is -2.03. The molecule has 100 valence electrons. The normalized spacial score (nSPS) is 10.4. The van der Waals surface area contributed by atoms with Crippen LogP contribution in [0.4, 0.5) is 5.00 Å². The van der Waals surface area contributed by atoms with E-state index in [0.29, 0.717) is 5.00 Å². The van der Waals surface area contributed by atoms with Gasteiger partial charge in [0.15, 0.2) is 0 Å². The average Bonchev–Trinajstić information content (AvgIpc) is 2.96. The third-order valence-electron chi connectivity index (χ3n) is 2.18. The standard InChI is InChI=1S/C12H11NO3S3/c1-7-5-8(12(15)16)11(19-7)13-9(14)6-18-10-3-2-4-17-10/h2-5H,6H2,1H3,(H,13,14)(H,15,16). The minimum Gasteiger partial charge on any atom is -0.478 e. The highest BCUT2D eigenvalue weighted by atomic mass is 32.2. The van der Waals surface area contributed by atoms with Crippen molar-refractivity contribution in [2.75, 3.05) is 11.1 Å². The molecule has 2 rings (SSSR count). The van der Waals surface area contributed by atoms with Crippen molar-refractivity contribution in [3.8, 4) is 0 Å². The summed E-state index contributed by atoms with van der Waals surface area (Å²) < 4.78 is 1.07. The summed E-state index contributed by atoms with van der Waals surface area (Å²) >= 11 is 4.29. The molecule has 0 unspecified atom stereocenters. The number of carboxylic acids is 1. The van der Waals surface area contributed by atoms with E-state index in [0.717, 1.165) is 9.09 Å². The highest BCUT2D eigenvalue weighted by Crippen LogP contribution is 2.28. The van der Waals surface area contributed by atoms with Crippen LogP contribution in [0.2, 0.25) is 0 Å². The van der Waals surface area contributed by atoms with E-state index >= 15 is 0 Å². The third-order valence-corrected chi connectivity index (χ3v) is 5.28. The molecule has 0 aliphatic carbocycles. The zero-order valence-corrected chi connectivity index (χ0v) is 12.5. The molecule has 1 amide bonds. The Balaban J connectivity index is 1.97. The summed E-state index contributed by atoms with van der Waals surface area (Å²) in [5.41, 5.74) is 0.150. The Bertz CT molecular complexity index is 589. The first-order valence-electron chi connectivity index (χ1n) is 5.36. The molecule has 0 atom stereocenters. The zero-order valence-electron chi connectivity index (χ0n) is 10.0. The highest BCUT2D eigenvalue weighted by molar-refractivity contribution is 8.01. The highest BCUT2D eigenvalue weighted by Gasteiger charge is 2.15. The number of nitrogens with one attached hydrogen (secondary N) is 1. The fourth-order valence-corrected chi connectivity index (χ4v) is 3.92. The number of rotatable bonds is 5. The number of aromatic carboxylic acids is 1. The van der Waals surface area contributed by atoms with Crippen LogP contribution in [0.1, 0.15) is 15.2 Å².